The Kier molecular flexibility index (Phi) is 5.11. The summed E-state index contributed by atoms with van der Waals surface area (Å²) in [6.07, 6.45) is 6.89. The zero-order valence-corrected chi connectivity index (χ0v) is 9.89. The second kappa shape index (κ2) is 6.61. The van der Waals surface area contributed by atoms with Crippen molar-refractivity contribution in [3.05, 3.63) is 72.1 Å². The van der Waals surface area contributed by atoms with E-state index in [0.29, 0.717) is 5.56 Å². The second-order valence-electron chi connectivity index (χ2n) is 3.40. The molecule has 1 heterocycles. The van der Waals surface area contributed by atoms with Crippen LogP contribution in [0.5, 0.6) is 0 Å². The number of allylic oxidation sites excluding steroid dienone is 1. The predicted octanol–water partition coefficient (Wildman–Crippen LogP) is -0.599. The van der Waals surface area contributed by atoms with E-state index in [1.807, 2.05) is 36.4 Å². The van der Waals surface area contributed by atoms with Crippen LogP contribution in [0.1, 0.15) is 15.9 Å². The van der Waals surface area contributed by atoms with Gasteiger partial charge in [0.1, 0.15) is 0 Å². The number of hydrogen-bond acceptors (Lipinski definition) is 1. The molecular weight excluding hydrogens is 234 g/mol. The fourth-order valence-corrected chi connectivity index (χ4v) is 1.38. The lowest BCUT2D eigenvalue weighted by molar-refractivity contribution is -0.378. The van der Waals surface area contributed by atoms with Gasteiger partial charge in [-0.25, -0.2) is 4.98 Å². The Morgan fingerprint density at radius 1 is 1.00 bits per heavy atom. The van der Waals surface area contributed by atoms with Crippen LogP contribution in [0, 0.1) is 0 Å². The van der Waals surface area contributed by atoms with E-state index in [-0.39, 0.29) is 18.2 Å². The van der Waals surface area contributed by atoms with E-state index in [0.717, 1.165) is 5.56 Å². The number of carbonyl (C=O) groups is 1. The molecular formula is C14H12ClNO. The Morgan fingerprint density at radius 2 is 1.65 bits per heavy atom. The molecule has 0 spiro atoms. The van der Waals surface area contributed by atoms with Crippen LogP contribution >= 0.6 is 0 Å². The Hall–Kier alpha value is -1.93. The van der Waals surface area contributed by atoms with Crippen LogP contribution in [0.2, 0.25) is 0 Å². The molecule has 0 aliphatic carbocycles. The van der Waals surface area contributed by atoms with Gasteiger partial charge >= 0.3 is 0 Å². The minimum Gasteiger partial charge on any atom is -1.00 e. The van der Waals surface area contributed by atoms with E-state index in [2.05, 4.69) is 4.98 Å². The molecule has 2 nitrogen and oxygen atoms in total. The number of ketones is 1. The van der Waals surface area contributed by atoms with Crippen LogP contribution in [0.3, 0.4) is 0 Å². The molecule has 1 aromatic heterocycles. The maximum absolute atomic E-state index is 11.7. The maximum atomic E-state index is 11.7. The summed E-state index contributed by atoms with van der Waals surface area (Å²) in [6, 6.07) is 13.3. The molecule has 0 aliphatic rings. The van der Waals surface area contributed by atoms with Crippen molar-refractivity contribution >= 4 is 11.9 Å². The molecule has 0 unspecified atom stereocenters. The first-order valence-electron chi connectivity index (χ1n) is 5.10. The highest BCUT2D eigenvalue weighted by molar-refractivity contribution is 6.06. The third-order valence-corrected chi connectivity index (χ3v) is 2.23. The van der Waals surface area contributed by atoms with E-state index in [9.17, 15) is 4.79 Å². The smallest absolute Gasteiger partial charge is 0.186 e. The number of hydrogen-bond donors (Lipinski definition) is 0. The lowest BCUT2D eigenvalue weighted by Gasteiger charge is -1.92. The third kappa shape index (κ3) is 3.85. The van der Waals surface area contributed by atoms with Crippen molar-refractivity contribution < 1.29 is 22.2 Å². The number of H-pyrrole nitrogens is 1. The lowest BCUT2D eigenvalue weighted by atomic mass is 10.1. The number of aromatic nitrogens is 1. The minimum absolute atomic E-state index is 0. The molecule has 3 heteroatoms. The number of benzene rings is 1. The Balaban J connectivity index is 0.00000144. The molecule has 0 radical (unpaired) electrons. The number of carbonyl (C=O) groups excluding carboxylic acids is 1. The first kappa shape index (κ1) is 13.1. The number of halogens is 1. The average Bonchev–Trinajstić information content (AvgIpc) is 2.38. The molecule has 0 saturated heterocycles. The zero-order chi connectivity index (χ0) is 11.2. The van der Waals surface area contributed by atoms with Crippen molar-refractivity contribution in [1.29, 1.82) is 0 Å². The third-order valence-electron chi connectivity index (χ3n) is 2.23. The summed E-state index contributed by atoms with van der Waals surface area (Å²) >= 11 is 0. The molecule has 0 bridgehead atoms. The van der Waals surface area contributed by atoms with Gasteiger partial charge < -0.3 is 12.4 Å². The van der Waals surface area contributed by atoms with Gasteiger partial charge in [0, 0.05) is 17.7 Å². The number of pyridine rings is 1. The average molecular weight is 246 g/mol. The topological polar surface area (TPSA) is 31.2 Å². The van der Waals surface area contributed by atoms with Crippen LogP contribution in [-0.4, -0.2) is 5.78 Å². The summed E-state index contributed by atoms with van der Waals surface area (Å²) in [6.45, 7) is 0. The Morgan fingerprint density at radius 3 is 2.29 bits per heavy atom. The van der Waals surface area contributed by atoms with Gasteiger partial charge in [0.15, 0.2) is 18.2 Å². The number of nitrogens with one attached hydrogen (secondary N) is 1. The van der Waals surface area contributed by atoms with Gasteiger partial charge in [-0.15, -0.1) is 0 Å². The summed E-state index contributed by atoms with van der Waals surface area (Å²) in [5.74, 6) is 0.0119. The summed E-state index contributed by atoms with van der Waals surface area (Å²) < 4.78 is 0. The molecule has 86 valence electrons. The van der Waals surface area contributed by atoms with Crippen molar-refractivity contribution in [2.45, 2.75) is 0 Å². The maximum Gasteiger partial charge on any atom is 0.186 e. The first-order chi connectivity index (χ1) is 7.86. The highest BCUT2D eigenvalue weighted by Crippen LogP contribution is 2.04. The molecule has 0 amide bonds. The summed E-state index contributed by atoms with van der Waals surface area (Å²) in [7, 11) is 0. The highest BCUT2D eigenvalue weighted by atomic mass is 35.5. The van der Waals surface area contributed by atoms with Gasteiger partial charge in [-0.1, -0.05) is 36.4 Å². The van der Waals surface area contributed by atoms with Crippen LogP contribution in [0.25, 0.3) is 6.08 Å². The number of rotatable bonds is 3. The van der Waals surface area contributed by atoms with Gasteiger partial charge in [-0.3, -0.25) is 4.79 Å². The standard InChI is InChI=1S/C14H11NO.ClH/c16-14(13-8-10-15-11-9-13)7-6-12-4-2-1-3-5-12;/h1-11H;1H/b7-6+;. The van der Waals surface area contributed by atoms with E-state index in [1.165, 1.54) is 0 Å². The monoisotopic (exact) mass is 245 g/mol. The molecule has 2 aromatic rings. The van der Waals surface area contributed by atoms with Crippen LogP contribution < -0.4 is 17.4 Å². The van der Waals surface area contributed by atoms with Crippen molar-refractivity contribution in [3.63, 3.8) is 0 Å². The highest BCUT2D eigenvalue weighted by Gasteiger charge is 2.00. The molecule has 17 heavy (non-hydrogen) atoms. The van der Waals surface area contributed by atoms with E-state index in [4.69, 9.17) is 0 Å². The van der Waals surface area contributed by atoms with E-state index in [1.54, 1.807) is 30.6 Å². The number of aromatic amines is 1. The van der Waals surface area contributed by atoms with Crippen molar-refractivity contribution in [3.8, 4) is 0 Å². The molecule has 0 atom stereocenters. The fourth-order valence-electron chi connectivity index (χ4n) is 1.38. The normalized spacial score (nSPS) is 9.88. The van der Waals surface area contributed by atoms with Gasteiger partial charge in [-0.05, 0) is 11.6 Å². The zero-order valence-electron chi connectivity index (χ0n) is 9.14. The Bertz CT molecular complexity index is 494. The van der Waals surface area contributed by atoms with E-state index >= 15 is 0 Å². The first-order valence-corrected chi connectivity index (χ1v) is 5.10. The molecule has 1 aromatic carbocycles. The molecule has 0 aliphatic heterocycles. The van der Waals surface area contributed by atoms with Gasteiger partial charge in [0.05, 0.1) is 0 Å². The second-order valence-corrected chi connectivity index (χ2v) is 3.40. The lowest BCUT2D eigenvalue weighted by Crippen LogP contribution is -3.00. The van der Waals surface area contributed by atoms with Crippen LogP contribution in [-0.2, 0) is 0 Å². The molecule has 2 rings (SSSR count). The largest absolute Gasteiger partial charge is 1.00 e. The SMILES string of the molecule is O=C(/C=C/c1ccccc1)c1cc[nH+]cc1.[Cl-]. The van der Waals surface area contributed by atoms with Gasteiger partial charge in [0.25, 0.3) is 0 Å². The fraction of sp³-hybridized carbons (Fsp3) is 0. The van der Waals surface area contributed by atoms with E-state index < -0.39 is 0 Å². The van der Waals surface area contributed by atoms with Crippen LogP contribution in [0.15, 0.2) is 60.9 Å². The summed E-state index contributed by atoms with van der Waals surface area (Å²) in [4.78, 5) is 14.6. The predicted molar refractivity (Wildman–Crippen MR) is 62.8 cm³/mol. The molecule has 0 fully saturated rings. The minimum atomic E-state index is 0. The summed E-state index contributed by atoms with van der Waals surface area (Å²) in [5, 5.41) is 0. The van der Waals surface area contributed by atoms with Crippen molar-refractivity contribution in [2.24, 2.45) is 0 Å². The van der Waals surface area contributed by atoms with Crippen molar-refractivity contribution in [2.75, 3.05) is 0 Å². The van der Waals surface area contributed by atoms with Gasteiger partial charge in [-0.2, -0.15) is 0 Å². The molecule has 1 N–H and O–H groups in total. The molecule has 0 saturated carbocycles. The quantitative estimate of drug-likeness (QED) is 0.525. The summed E-state index contributed by atoms with van der Waals surface area (Å²) in [5.41, 5.74) is 1.71. The Labute approximate surface area is 106 Å². The van der Waals surface area contributed by atoms with Crippen molar-refractivity contribution in [1.82, 2.24) is 0 Å². The van der Waals surface area contributed by atoms with Gasteiger partial charge in [0.2, 0.25) is 0 Å². The van der Waals surface area contributed by atoms with Crippen LogP contribution in [0.4, 0.5) is 0 Å².